The van der Waals surface area contributed by atoms with Gasteiger partial charge >= 0.3 is 67.1 Å². The summed E-state index contributed by atoms with van der Waals surface area (Å²) in [6.07, 6.45) is 0. The molecule has 0 aromatic heterocycles. The average Bonchev–Trinajstić information content (AvgIpc) is 1.84. The maximum Gasteiger partial charge on any atom is 1.00 e. The van der Waals surface area contributed by atoms with E-state index in [1.807, 2.05) is 0 Å². The van der Waals surface area contributed by atoms with Crippen molar-refractivity contribution in [1.82, 2.24) is 0 Å². The molecule has 0 aromatic carbocycles. The molecule has 7 nitrogen and oxygen atoms in total. The molecule has 0 aliphatic carbocycles. The van der Waals surface area contributed by atoms with Gasteiger partial charge in [-0.3, -0.25) is 0 Å². The van der Waals surface area contributed by atoms with E-state index in [1.165, 1.54) is 0 Å². The van der Waals surface area contributed by atoms with Crippen molar-refractivity contribution in [3.8, 4) is 0 Å². The van der Waals surface area contributed by atoms with E-state index < -0.39 is 20.8 Å². The fourth-order valence-electron chi connectivity index (χ4n) is 0.209. The third kappa shape index (κ3) is 8.87. The zero-order chi connectivity index (χ0) is 9.28. The van der Waals surface area contributed by atoms with Crippen LogP contribution in [-0.4, -0.2) is 10.7 Å². The molecule has 98 valence electrons. The second kappa shape index (κ2) is 9.77. The maximum absolute atomic E-state index is 10.2. The fraction of sp³-hybridized carbons (Fsp3) is 1.00. The summed E-state index contributed by atoms with van der Waals surface area (Å²) in [6, 6.07) is 0. The van der Waals surface area contributed by atoms with E-state index in [1.54, 1.807) is 0 Å². The largest absolute Gasteiger partial charge is 1.00 e. The minimum absolute atomic E-state index is 0. The number of halogens is 1. The Morgan fingerprint density at radius 2 is 1.43 bits per heavy atom. The van der Waals surface area contributed by atoms with Crippen molar-refractivity contribution in [2.75, 3.05) is 0 Å². The molecule has 14 heavy (non-hydrogen) atoms. The van der Waals surface area contributed by atoms with Crippen LogP contribution < -0.4 is 14.7 Å². The van der Waals surface area contributed by atoms with Crippen molar-refractivity contribution in [2.24, 2.45) is 0 Å². The first-order chi connectivity index (χ1) is 4.72. The Kier molecular flexibility index (Phi) is 17.8. The Morgan fingerprint density at radius 1 is 1.14 bits per heavy atom. The second-order valence-electron chi connectivity index (χ2n) is 1.50. The van der Waals surface area contributed by atoms with Gasteiger partial charge in [0.15, 0.2) is 7.60 Å². The van der Waals surface area contributed by atoms with E-state index in [4.69, 9.17) is 5.11 Å². The molecule has 2 unspecified atom stereocenters. The number of hydrogen-bond donors (Lipinski definition) is 1. The van der Waals surface area contributed by atoms with Crippen molar-refractivity contribution in [2.45, 2.75) is 5.59 Å². The summed E-state index contributed by atoms with van der Waals surface area (Å²) >= 11 is 4.26. The molecule has 0 spiro atoms. The van der Waals surface area contributed by atoms with Crippen molar-refractivity contribution < 1.29 is 100 Å². The molecule has 0 aromatic rings. The molecule has 0 heterocycles. The molecule has 0 aliphatic heterocycles. The zero-order valence-electron chi connectivity index (χ0n) is 5.65. The Morgan fingerprint density at radius 3 is 1.50 bits per heavy atom. The summed E-state index contributed by atoms with van der Waals surface area (Å²) in [5, 5.41) is 8.24. The Labute approximate surface area is 131 Å². The van der Waals surface area contributed by atoms with E-state index in [9.17, 15) is 23.8 Å². The van der Waals surface area contributed by atoms with Gasteiger partial charge in [-0.25, -0.2) is 4.08 Å². The van der Waals surface area contributed by atoms with Gasteiger partial charge in [-0.1, -0.05) is 0 Å². The molecular weight excluding hydrogens is 545 g/mol. The van der Waals surface area contributed by atoms with Gasteiger partial charge in [0.25, 0.3) is 0 Å². The van der Waals surface area contributed by atoms with Crippen LogP contribution >= 0.6 is 27.1 Å². The molecule has 0 aliphatic rings. The number of aliphatic hydroxyl groups excluding tert-OH is 1. The minimum atomic E-state index is -5.62. The number of aliphatic hydroxyl groups is 1. The minimum Gasteiger partial charge on any atom is -0.809 e. The van der Waals surface area contributed by atoms with E-state index in [0.29, 0.717) is 0 Å². The van der Waals surface area contributed by atoms with Gasteiger partial charge < -0.3 is 28.9 Å². The molecule has 0 saturated carbocycles. The molecule has 0 fully saturated rings. The van der Waals surface area contributed by atoms with Gasteiger partial charge in [-0.05, 0) is 7.60 Å². The SMILES string of the molecule is O=P([O-])([O-])C(O)P(=O)([O-])OCl.[Ag+].[Ag+].[Ag+]. The first-order valence-electron chi connectivity index (χ1n) is 2.02. The molecule has 0 rings (SSSR count). The van der Waals surface area contributed by atoms with Crippen molar-refractivity contribution in [3.63, 3.8) is 0 Å². The predicted octanol–water partition coefficient (Wildman–Crippen LogP) is -2.11. The first kappa shape index (κ1) is 25.6. The van der Waals surface area contributed by atoms with Gasteiger partial charge in [0.05, 0.1) is 11.9 Å². The third-order valence-electron chi connectivity index (χ3n) is 0.662. The van der Waals surface area contributed by atoms with E-state index in [2.05, 4.69) is 15.9 Å². The maximum atomic E-state index is 10.2. The summed E-state index contributed by atoms with van der Waals surface area (Å²) < 4.78 is 23.1. The molecule has 0 bridgehead atoms. The van der Waals surface area contributed by atoms with Gasteiger partial charge in [0, 0.05) is 0 Å². The second-order valence-corrected chi connectivity index (χ2v) is 5.59. The van der Waals surface area contributed by atoms with E-state index in [0.717, 1.165) is 0 Å². The average molecular weight is 547 g/mol. The van der Waals surface area contributed by atoms with Gasteiger partial charge in [-0.15, -0.1) is 0 Å². The van der Waals surface area contributed by atoms with Crippen LogP contribution in [0.5, 0.6) is 0 Å². The van der Waals surface area contributed by atoms with Crippen LogP contribution in [0.15, 0.2) is 0 Å². The van der Waals surface area contributed by atoms with E-state index in [-0.39, 0.29) is 67.1 Å². The summed E-state index contributed by atoms with van der Waals surface area (Å²) in [7, 11) is -10.8. The zero-order valence-corrected chi connectivity index (χ0v) is 12.6. The van der Waals surface area contributed by atoms with Crippen molar-refractivity contribution in [1.29, 1.82) is 0 Å². The van der Waals surface area contributed by atoms with Crippen LogP contribution in [0.25, 0.3) is 0 Å². The normalized spacial score (nSPS) is 16.4. The quantitative estimate of drug-likeness (QED) is 0.316. The van der Waals surface area contributed by atoms with Gasteiger partial charge in [0.2, 0.25) is 0 Å². The smallest absolute Gasteiger partial charge is 0.809 e. The molecule has 1 N–H and O–H groups in total. The predicted molar refractivity (Wildman–Crippen MR) is 28.2 cm³/mol. The molecule has 0 saturated heterocycles. The molecular formula is CH2Ag3ClO7P2. The molecule has 0 radical (unpaired) electrons. The summed E-state index contributed by atoms with van der Waals surface area (Å²) in [5.74, 6) is 0. The van der Waals surface area contributed by atoms with Gasteiger partial charge in [-0.2, -0.15) is 0 Å². The molecule has 2 atom stereocenters. The summed E-state index contributed by atoms with van der Waals surface area (Å²) in [4.78, 5) is 29.9. The third-order valence-corrected chi connectivity index (χ3v) is 4.26. The van der Waals surface area contributed by atoms with Crippen LogP contribution in [0, 0.1) is 0 Å². The fourth-order valence-corrected chi connectivity index (χ4v) is 2.20. The monoisotopic (exact) mass is 544 g/mol. The summed E-state index contributed by atoms with van der Waals surface area (Å²) in [5.41, 5.74) is -3.13. The van der Waals surface area contributed by atoms with Crippen LogP contribution in [0.1, 0.15) is 0 Å². The molecule has 13 heteroatoms. The standard InChI is InChI=1S/CH5ClO7P2.3Ag/c2-9-11(7,8)1(3)10(4,5)6;;;/h1,3H,(H,7,8)(H2,4,5,6);;;/q;3*+1/p-3. The van der Waals surface area contributed by atoms with Crippen molar-refractivity contribution >= 4 is 27.1 Å². The van der Waals surface area contributed by atoms with Crippen LogP contribution in [0.2, 0.25) is 0 Å². The molecule has 0 amide bonds. The van der Waals surface area contributed by atoms with Gasteiger partial charge in [0.1, 0.15) is 5.59 Å². The Bertz CT molecular complexity index is 229. The van der Waals surface area contributed by atoms with Crippen molar-refractivity contribution in [3.05, 3.63) is 0 Å². The number of hydrogen-bond acceptors (Lipinski definition) is 7. The van der Waals surface area contributed by atoms with Crippen LogP contribution in [0.4, 0.5) is 0 Å². The Hall–Kier alpha value is 2.77. The van der Waals surface area contributed by atoms with Crippen LogP contribution in [0.3, 0.4) is 0 Å². The van der Waals surface area contributed by atoms with E-state index >= 15 is 0 Å². The topological polar surface area (TPSA) is 133 Å². The first-order valence-corrected chi connectivity index (χ1v) is 5.56. The summed E-state index contributed by atoms with van der Waals surface area (Å²) in [6.45, 7) is 0. The Balaban J connectivity index is -0.000000167. The van der Waals surface area contributed by atoms with Crippen LogP contribution in [-0.2, 0) is 80.3 Å². The number of rotatable bonds is 3.